The van der Waals surface area contributed by atoms with Crippen LogP contribution in [0.2, 0.25) is 0 Å². The second kappa shape index (κ2) is 27.0. The molecule has 2 amide bonds. The Kier molecular flexibility index (Phi) is 23.9. The molecule has 0 bridgehead atoms. The zero-order valence-electron chi connectivity index (χ0n) is 26.4. The maximum absolute atomic E-state index is 12.1. The van der Waals surface area contributed by atoms with Crippen LogP contribution >= 0.6 is 0 Å². The number of unbranched alkanes of at least 4 members (excludes halogenated alkanes) is 15. The standard InChI is InChI=1S/C33H57N3O6/c1-3-4-5-6-7-8-9-10-11-12-13-14-15-16-17-19-24-34-32(38)42-29-30(35-33(39)40-2)28-41-31(37)23-22-27-36-25-20-18-21-26-36/h18,20-21,25-26,30H,3-17,19,22-24,27-29H2,1-2H3,(H-,34,35,38,39)/p+1/t30-/m0/s1. The summed E-state index contributed by atoms with van der Waals surface area (Å²) in [5, 5.41) is 5.29. The molecule has 9 heteroatoms. The van der Waals surface area contributed by atoms with Crippen molar-refractivity contribution in [3.8, 4) is 0 Å². The molecule has 2 N–H and O–H groups in total. The Hall–Kier alpha value is -2.84. The van der Waals surface area contributed by atoms with Crippen LogP contribution in [-0.4, -0.2) is 51.1 Å². The van der Waals surface area contributed by atoms with Gasteiger partial charge in [-0.1, -0.05) is 109 Å². The molecule has 0 saturated heterocycles. The number of aryl methyl sites for hydroxylation is 1. The van der Waals surface area contributed by atoms with Crippen molar-refractivity contribution in [2.75, 3.05) is 26.9 Å². The van der Waals surface area contributed by atoms with Crippen molar-refractivity contribution in [1.82, 2.24) is 10.6 Å². The lowest BCUT2D eigenvalue weighted by Gasteiger charge is -2.18. The first-order valence-electron chi connectivity index (χ1n) is 16.4. The van der Waals surface area contributed by atoms with Gasteiger partial charge in [0.15, 0.2) is 12.4 Å². The van der Waals surface area contributed by atoms with Crippen LogP contribution in [-0.2, 0) is 25.5 Å². The highest BCUT2D eigenvalue weighted by atomic mass is 16.6. The fourth-order valence-electron chi connectivity index (χ4n) is 4.70. The first kappa shape index (κ1) is 37.2. The van der Waals surface area contributed by atoms with Gasteiger partial charge in [-0.15, -0.1) is 0 Å². The third-order valence-corrected chi connectivity index (χ3v) is 7.24. The summed E-state index contributed by atoms with van der Waals surface area (Å²) < 4.78 is 17.1. The van der Waals surface area contributed by atoms with Gasteiger partial charge in [0.1, 0.15) is 25.8 Å². The summed E-state index contributed by atoms with van der Waals surface area (Å²) in [5.41, 5.74) is 0. The van der Waals surface area contributed by atoms with E-state index >= 15 is 0 Å². The molecule has 0 radical (unpaired) electrons. The lowest BCUT2D eigenvalue weighted by Crippen LogP contribution is -2.43. The van der Waals surface area contributed by atoms with E-state index < -0.39 is 18.2 Å². The van der Waals surface area contributed by atoms with E-state index in [0.29, 0.717) is 19.5 Å². The van der Waals surface area contributed by atoms with E-state index in [9.17, 15) is 14.4 Å². The number of hydrogen-bond donors (Lipinski definition) is 2. The fourth-order valence-corrected chi connectivity index (χ4v) is 4.70. The lowest BCUT2D eigenvalue weighted by molar-refractivity contribution is -0.697. The van der Waals surface area contributed by atoms with Crippen LogP contribution < -0.4 is 15.2 Å². The number of nitrogens with zero attached hydrogens (tertiary/aromatic N) is 1. The third kappa shape index (κ3) is 22.8. The van der Waals surface area contributed by atoms with Gasteiger partial charge in [0.2, 0.25) is 0 Å². The molecule has 42 heavy (non-hydrogen) atoms. The number of ether oxygens (including phenoxy) is 3. The minimum atomic E-state index is -0.703. The summed E-state index contributed by atoms with van der Waals surface area (Å²) in [7, 11) is 1.24. The van der Waals surface area contributed by atoms with Crippen LogP contribution in [0.1, 0.15) is 122 Å². The second-order valence-electron chi connectivity index (χ2n) is 11.1. The SMILES string of the molecule is CCCCCCCCCCCCCCCCCCNC(=O)OC[C@H](COC(=O)CCC[n+]1ccccc1)NC(=O)OC. The van der Waals surface area contributed by atoms with Crippen LogP contribution in [0, 0.1) is 0 Å². The van der Waals surface area contributed by atoms with Crippen molar-refractivity contribution in [2.24, 2.45) is 0 Å². The molecule has 1 heterocycles. The summed E-state index contributed by atoms with van der Waals surface area (Å²) in [4.78, 5) is 35.9. The highest BCUT2D eigenvalue weighted by Crippen LogP contribution is 2.13. The largest absolute Gasteiger partial charge is 0.463 e. The van der Waals surface area contributed by atoms with E-state index in [0.717, 1.165) is 12.8 Å². The molecule has 0 unspecified atom stereocenters. The minimum absolute atomic E-state index is 0.112. The molecule has 0 fully saturated rings. The monoisotopic (exact) mass is 592 g/mol. The number of aromatic nitrogens is 1. The van der Waals surface area contributed by atoms with Crippen molar-refractivity contribution in [1.29, 1.82) is 0 Å². The number of amides is 2. The molecule has 0 spiro atoms. The first-order valence-corrected chi connectivity index (χ1v) is 16.4. The van der Waals surface area contributed by atoms with E-state index in [4.69, 9.17) is 9.47 Å². The predicted octanol–water partition coefficient (Wildman–Crippen LogP) is 7.01. The van der Waals surface area contributed by atoms with Crippen molar-refractivity contribution >= 4 is 18.2 Å². The Labute approximate surface area is 254 Å². The molecule has 1 aromatic rings. The van der Waals surface area contributed by atoms with Crippen LogP contribution in [0.5, 0.6) is 0 Å². The zero-order valence-corrected chi connectivity index (χ0v) is 26.4. The first-order chi connectivity index (χ1) is 20.5. The molecule has 1 atom stereocenters. The number of methoxy groups -OCH3 is 1. The number of rotatable bonds is 26. The van der Waals surface area contributed by atoms with Gasteiger partial charge in [-0.05, 0) is 6.42 Å². The topological polar surface area (TPSA) is 107 Å². The summed E-state index contributed by atoms with van der Waals surface area (Å²) in [6.45, 7) is 3.26. The van der Waals surface area contributed by atoms with E-state index in [-0.39, 0.29) is 25.6 Å². The van der Waals surface area contributed by atoms with Crippen molar-refractivity contribution in [2.45, 2.75) is 135 Å². The molecule has 0 aromatic carbocycles. The maximum atomic E-state index is 12.1. The van der Waals surface area contributed by atoms with Gasteiger partial charge >= 0.3 is 18.2 Å². The summed E-state index contributed by atoms with van der Waals surface area (Å²) >= 11 is 0. The highest BCUT2D eigenvalue weighted by Gasteiger charge is 2.18. The van der Waals surface area contributed by atoms with Gasteiger partial charge in [-0.25, -0.2) is 14.2 Å². The summed E-state index contributed by atoms with van der Waals surface area (Å²) in [6, 6.07) is 5.09. The molecule has 0 aliphatic carbocycles. The van der Waals surface area contributed by atoms with E-state index in [1.807, 2.05) is 35.2 Å². The number of carbonyl (C=O) groups is 3. The van der Waals surface area contributed by atoms with Crippen molar-refractivity contribution < 1.29 is 33.2 Å². The number of pyridine rings is 1. The van der Waals surface area contributed by atoms with E-state index in [2.05, 4.69) is 22.3 Å². The molecule has 0 saturated carbocycles. The molecule has 9 nitrogen and oxygen atoms in total. The van der Waals surface area contributed by atoms with Gasteiger partial charge in [-0.2, -0.15) is 0 Å². The van der Waals surface area contributed by atoms with Crippen LogP contribution in [0.3, 0.4) is 0 Å². The normalized spacial score (nSPS) is 11.5. The fraction of sp³-hybridized carbons (Fsp3) is 0.758. The Balaban J connectivity index is 2.03. The van der Waals surface area contributed by atoms with Crippen LogP contribution in [0.4, 0.5) is 9.59 Å². The Morgan fingerprint density at radius 3 is 1.74 bits per heavy atom. The summed E-state index contributed by atoms with van der Waals surface area (Å²) in [5.74, 6) is -0.379. The van der Waals surface area contributed by atoms with Crippen molar-refractivity contribution in [3.63, 3.8) is 0 Å². The minimum Gasteiger partial charge on any atom is -0.463 e. The number of carbonyl (C=O) groups excluding carboxylic acids is 3. The van der Waals surface area contributed by atoms with Gasteiger partial charge in [-0.3, -0.25) is 4.79 Å². The number of nitrogens with one attached hydrogen (secondary N) is 2. The molecule has 0 aliphatic heterocycles. The Bertz CT molecular complexity index is 808. The molecule has 1 rings (SSSR count). The third-order valence-electron chi connectivity index (χ3n) is 7.24. The maximum Gasteiger partial charge on any atom is 0.407 e. The van der Waals surface area contributed by atoms with Crippen molar-refractivity contribution in [3.05, 3.63) is 30.6 Å². The second-order valence-corrected chi connectivity index (χ2v) is 11.1. The van der Waals surface area contributed by atoms with Gasteiger partial charge in [0.25, 0.3) is 0 Å². The van der Waals surface area contributed by atoms with E-state index in [1.54, 1.807) is 0 Å². The molecule has 1 aromatic heterocycles. The van der Waals surface area contributed by atoms with Crippen LogP contribution in [0.25, 0.3) is 0 Å². The highest BCUT2D eigenvalue weighted by molar-refractivity contribution is 5.70. The number of alkyl carbamates (subject to hydrolysis) is 2. The Morgan fingerprint density at radius 2 is 1.19 bits per heavy atom. The van der Waals surface area contributed by atoms with Crippen LogP contribution in [0.15, 0.2) is 30.6 Å². The molecular formula is C33H58N3O6+. The average Bonchev–Trinajstić information content (AvgIpc) is 3.00. The predicted molar refractivity (Wildman–Crippen MR) is 165 cm³/mol. The molecule has 240 valence electrons. The zero-order chi connectivity index (χ0) is 30.5. The number of esters is 1. The molecular weight excluding hydrogens is 534 g/mol. The van der Waals surface area contributed by atoms with Gasteiger partial charge in [0.05, 0.1) is 13.5 Å². The number of hydrogen-bond acceptors (Lipinski definition) is 6. The van der Waals surface area contributed by atoms with Gasteiger partial charge < -0.3 is 24.8 Å². The Morgan fingerprint density at radius 1 is 0.667 bits per heavy atom. The average molecular weight is 593 g/mol. The summed E-state index contributed by atoms with van der Waals surface area (Å²) in [6.07, 6.45) is 24.3. The quantitative estimate of drug-likeness (QED) is 0.0519. The molecule has 0 aliphatic rings. The lowest BCUT2D eigenvalue weighted by atomic mass is 10.0. The van der Waals surface area contributed by atoms with E-state index in [1.165, 1.54) is 97.0 Å². The van der Waals surface area contributed by atoms with Gasteiger partial charge in [0, 0.05) is 25.1 Å². The smallest absolute Gasteiger partial charge is 0.407 e.